The smallest absolute Gasteiger partial charge is 0.0697 e. The molecule has 1 heterocycles. The van der Waals surface area contributed by atoms with E-state index in [1.165, 1.54) is 5.56 Å². The average Bonchev–Trinajstić information content (AvgIpc) is 2.38. The molecule has 18 heavy (non-hydrogen) atoms. The van der Waals surface area contributed by atoms with E-state index in [0.29, 0.717) is 19.1 Å². The lowest BCUT2D eigenvalue weighted by Crippen LogP contribution is -2.17. The van der Waals surface area contributed by atoms with Crippen molar-refractivity contribution < 1.29 is 9.84 Å². The summed E-state index contributed by atoms with van der Waals surface area (Å²) in [5.41, 5.74) is 1.32. The van der Waals surface area contributed by atoms with Crippen LogP contribution < -0.4 is 0 Å². The number of hydrogen-bond donors (Lipinski definition) is 1. The largest absolute Gasteiger partial charge is 0.394 e. The van der Waals surface area contributed by atoms with Gasteiger partial charge in [-0.3, -0.25) is 4.98 Å². The SMILES string of the molecule is CN(C)CCC(CCOCCO)c1ccncc1. The predicted molar refractivity (Wildman–Crippen MR) is 72.7 cm³/mol. The minimum absolute atomic E-state index is 0.0949. The number of hydrogen-bond acceptors (Lipinski definition) is 4. The van der Waals surface area contributed by atoms with E-state index in [9.17, 15) is 0 Å². The first-order chi connectivity index (χ1) is 8.74. The highest BCUT2D eigenvalue weighted by atomic mass is 16.5. The molecule has 0 bridgehead atoms. The Kier molecular flexibility index (Phi) is 7.57. The molecule has 0 fully saturated rings. The molecule has 0 aromatic carbocycles. The third-order valence-electron chi connectivity index (χ3n) is 2.95. The lowest BCUT2D eigenvalue weighted by Gasteiger charge is -2.19. The molecule has 4 nitrogen and oxygen atoms in total. The molecule has 0 aliphatic heterocycles. The lowest BCUT2D eigenvalue weighted by atomic mass is 9.93. The fourth-order valence-electron chi connectivity index (χ4n) is 1.92. The van der Waals surface area contributed by atoms with Gasteiger partial charge in [0.25, 0.3) is 0 Å². The summed E-state index contributed by atoms with van der Waals surface area (Å²) >= 11 is 0. The van der Waals surface area contributed by atoms with Crippen molar-refractivity contribution in [3.05, 3.63) is 30.1 Å². The quantitative estimate of drug-likeness (QED) is 0.677. The number of aliphatic hydroxyl groups is 1. The van der Waals surface area contributed by atoms with E-state index in [2.05, 4.69) is 36.1 Å². The van der Waals surface area contributed by atoms with Crippen molar-refractivity contribution >= 4 is 0 Å². The first kappa shape index (κ1) is 15.1. The summed E-state index contributed by atoms with van der Waals surface area (Å²) in [4.78, 5) is 6.26. The average molecular weight is 252 g/mol. The summed E-state index contributed by atoms with van der Waals surface area (Å²) in [6.07, 6.45) is 5.77. The molecule has 1 N–H and O–H groups in total. The lowest BCUT2D eigenvalue weighted by molar-refractivity contribution is 0.0866. The van der Waals surface area contributed by atoms with Crippen molar-refractivity contribution in [2.24, 2.45) is 0 Å². The van der Waals surface area contributed by atoms with Crippen LogP contribution in [0.1, 0.15) is 24.3 Å². The van der Waals surface area contributed by atoms with E-state index in [4.69, 9.17) is 9.84 Å². The van der Waals surface area contributed by atoms with Crippen LogP contribution in [0.3, 0.4) is 0 Å². The first-order valence-corrected chi connectivity index (χ1v) is 6.47. The van der Waals surface area contributed by atoms with Crippen LogP contribution >= 0.6 is 0 Å². The summed E-state index contributed by atoms with van der Waals surface area (Å²) in [7, 11) is 4.18. The van der Waals surface area contributed by atoms with Gasteiger partial charge in [0.2, 0.25) is 0 Å². The third kappa shape index (κ3) is 6.10. The second kappa shape index (κ2) is 9.03. The molecule has 0 aliphatic rings. The molecular formula is C14H24N2O2. The topological polar surface area (TPSA) is 45.6 Å². The van der Waals surface area contributed by atoms with Crippen molar-refractivity contribution in [3.63, 3.8) is 0 Å². The van der Waals surface area contributed by atoms with Crippen molar-refractivity contribution in [1.82, 2.24) is 9.88 Å². The Labute approximate surface area is 110 Å². The molecular weight excluding hydrogens is 228 g/mol. The van der Waals surface area contributed by atoms with Crippen LogP contribution in [0, 0.1) is 0 Å². The van der Waals surface area contributed by atoms with E-state index < -0.39 is 0 Å². The van der Waals surface area contributed by atoms with E-state index in [1.54, 1.807) is 0 Å². The third-order valence-corrected chi connectivity index (χ3v) is 2.95. The van der Waals surface area contributed by atoms with Gasteiger partial charge in [-0.05, 0) is 57.1 Å². The number of rotatable bonds is 9. The molecule has 0 saturated carbocycles. The molecule has 1 atom stereocenters. The standard InChI is InChI=1S/C14H24N2O2/c1-16(2)9-5-14(6-11-18-12-10-17)13-3-7-15-8-4-13/h3-4,7-8,14,17H,5-6,9-12H2,1-2H3. The van der Waals surface area contributed by atoms with Gasteiger partial charge in [0, 0.05) is 19.0 Å². The van der Waals surface area contributed by atoms with Gasteiger partial charge >= 0.3 is 0 Å². The number of aliphatic hydroxyl groups excluding tert-OH is 1. The van der Waals surface area contributed by atoms with Crippen LogP contribution in [0.2, 0.25) is 0 Å². The minimum Gasteiger partial charge on any atom is -0.394 e. The maximum atomic E-state index is 8.68. The van der Waals surface area contributed by atoms with Crippen LogP contribution in [0.5, 0.6) is 0 Å². The molecule has 0 radical (unpaired) electrons. The number of aromatic nitrogens is 1. The second-order valence-electron chi connectivity index (χ2n) is 4.69. The zero-order chi connectivity index (χ0) is 13.2. The van der Waals surface area contributed by atoms with Crippen LogP contribution in [0.15, 0.2) is 24.5 Å². The van der Waals surface area contributed by atoms with Gasteiger partial charge in [0.15, 0.2) is 0 Å². The fourth-order valence-corrected chi connectivity index (χ4v) is 1.92. The number of nitrogens with zero attached hydrogens (tertiary/aromatic N) is 2. The molecule has 1 rings (SSSR count). The van der Waals surface area contributed by atoms with Gasteiger partial charge in [-0.2, -0.15) is 0 Å². The zero-order valence-electron chi connectivity index (χ0n) is 11.4. The normalized spacial score (nSPS) is 12.9. The van der Waals surface area contributed by atoms with Gasteiger partial charge in [-0.1, -0.05) is 0 Å². The Morgan fingerprint density at radius 3 is 2.56 bits per heavy atom. The van der Waals surface area contributed by atoms with Crippen molar-refractivity contribution in [2.75, 3.05) is 40.5 Å². The summed E-state index contributed by atoms with van der Waals surface area (Å²) in [5.74, 6) is 0.495. The Morgan fingerprint density at radius 2 is 1.94 bits per heavy atom. The Bertz CT molecular complexity index is 304. The number of pyridine rings is 1. The number of ether oxygens (including phenoxy) is 1. The molecule has 1 aromatic rings. The second-order valence-corrected chi connectivity index (χ2v) is 4.69. The van der Waals surface area contributed by atoms with Gasteiger partial charge in [0.05, 0.1) is 13.2 Å². The van der Waals surface area contributed by atoms with Crippen LogP contribution in [-0.2, 0) is 4.74 Å². The van der Waals surface area contributed by atoms with E-state index in [0.717, 1.165) is 19.4 Å². The monoisotopic (exact) mass is 252 g/mol. The van der Waals surface area contributed by atoms with Crippen LogP contribution in [0.4, 0.5) is 0 Å². The molecule has 1 unspecified atom stereocenters. The van der Waals surface area contributed by atoms with E-state index in [1.807, 2.05) is 12.4 Å². The van der Waals surface area contributed by atoms with Gasteiger partial charge in [0.1, 0.15) is 0 Å². The molecule has 0 aliphatic carbocycles. The van der Waals surface area contributed by atoms with Gasteiger partial charge in [-0.25, -0.2) is 0 Å². The molecule has 4 heteroatoms. The molecule has 0 spiro atoms. The highest BCUT2D eigenvalue weighted by Crippen LogP contribution is 2.23. The zero-order valence-corrected chi connectivity index (χ0v) is 11.4. The van der Waals surface area contributed by atoms with Crippen molar-refractivity contribution in [2.45, 2.75) is 18.8 Å². The maximum Gasteiger partial charge on any atom is 0.0697 e. The van der Waals surface area contributed by atoms with Crippen LogP contribution in [0.25, 0.3) is 0 Å². The van der Waals surface area contributed by atoms with Crippen molar-refractivity contribution in [3.8, 4) is 0 Å². The minimum atomic E-state index is 0.0949. The maximum absolute atomic E-state index is 8.68. The molecule has 102 valence electrons. The summed E-state index contributed by atoms with van der Waals surface area (Å²) in [6.45, 7) is 2.28. The van der Waals surface area contributed by atoms with E-state index >= 15 is 0 Å². The van der Waals surface area contributed by atoms with Crippen molar-refractivity contribution in [1.29, 1.82) is 0 Å². The highest BCUT2D eigenvalue weighted by molar-refractivity contribution is 5.15. The van der Waals surface area contributed by atoms with Crippen LogP contribution in [-0.4, -0.2) is 55.5 Å². The Hall–Kier alpha value is -0.970. The highest BCUT2D eigenvalue weighted by Gasteiger charge is 2.11. The Morgan fingerprint density at radius 1 is 1.22 bits per heavy atom. The molecule has 0 amide bonds. The van der Waals surface area contributed by atoms with Gasteiger partial charge in [-0.15, -0.1) is 0 Å². The predicted octanol–water partition coefficient (Wildman–Crippen LogP) is 1.52. The first-order valence-electron chi connectivity index (χ1n) is 6.47. The Balaban J connectivity index is 2.47. The summed E-state index contributed by atoms with van der Waals surface area (Å²) in [5, 5.41) is 8.68. The summed E-state index contributed by atoms with van der Waals surface area (Å²) < 4.78 is 5.36. The fraction of sp³-hybridized carbons (Fsp3) is 0.643. The molecule has 1 aromatic heterocycles. The molecule has 0 saturated heterocycles. The van der Waals surface area contributed by atoms with E-state index in [-0.39, 0.29) is 6.61 Å². The summed E-state index contributed by atoms with van der Waals surface area (Å²) in [6, 6.07) is 4.15. The van der Waals surface area contributed by atoms with Gasteiger partial charge < -0.3 is 14.7 Å².